The van der Waals surface area contributed by atoms with Gasteiger partial charge in [0.15, 0.2) is 5.34 Å². The Hall–Kier alpha value is -0.680. The quantitative estimate of drug-likeness (QED) is 0.451. The zero-order valence-electron chi connectivity index (χ0n) is 10.7. The second kappa shape index (κ2) is 11.8. The van der Waals surface area contributed by atoms with Crippen molar-refractivity contribution in [2.45, 2.75) is 76.3 Å². The van der Waals surface area contributed by atoms with Crippen LogP contribution in [-0.2, 0) is 0 Å². The Labute approximate surface area is 104 Å². The molecule has 0 aromatic rings. The van der Waals surface area contributed by atoms with Crippen molar-refractivity contribution in [3.8, 4) is 0 Å². The molecule has 0 saturated heterocycles. The van der Waals surface area contributed by atoms with Gasteiger partial charge in [0.25, 0.3) is 0 Å². The van der Waals surface area contributed by atoms with E-state index in [0.717, 1.165) is 0 Å². The van der Waals surface area contributed by atoms with Gasteiger partial charge in [-0.15, -0.1) is 4.91 Å². The van der Waals surface area contributed by atoms with Crippen LogP contribution in [0.2, 0.25) is 0 Å². The Morgan fingerprint density at radius 2 is 1.00 bits per heavy atom. The summed E-state index contributed by atoms with van der Waals surface area (Å²) in [6.45, 7) is 0. The lowest BCUT2D eigenvalue weighted by atomic mass is 9.97. The third-order valence-electron chi connectivity index (χ3n) is 3.30. The average Bonchev–Trinajstić information content (AvgIpc) is 2.33. The predicted octanol–water partition coefficient (Wildman–Crippen LogP) is 2.70. The fraction of sp³-hybridized carbons (Fsp3) is 1.00. The van der Waals surface area contributed by atoms with Crippen molar-refractivity contribution in [2.24, 2.45) is 16.8 Å². The van der Waals surface area contributed by atoms with Crippen LogP contribution in [0.4, 0.5) is 0 Å². The van der Waals surface area contributed by atoms with Crippen LogP contribution in [0.3, 0.4) is 0 Å². The molecule has 0 aliphatic heterocycles. The molecule has 0 aromatic heterocycles. The Balaban J connectivity index is 0.000000247. The zero-order valence-corrected chi connectivity index (χ0v) is 10.7. The van der Waals surface area contributed by atoms with Crippen molar-refractivity contribution in [3.63, 3.8) is 0 Å². The molecule has 5 heteroatoms. The van der Waals surface area contributed by atoms with Gasteiger partial charge in [0.2, 0.25) is 0 Å². The minimum Gasteiger partial charge on any atom is -0.379 e. The van der Waals surface area contributed by atoms with Crippen molar-refractivity contribution in [1.29, 1.82) is 0 Å². The molecular formula is C12H27N3O2. The number of hydrogen-bond acceptors (Lipinski definition) is 4. The summed E-state index contributed by atoms with van der Waals surface area (Å²) in [5.41, 5.74) is 11.3. The molecule has 2 aliphatic carbocycles. The summed E-state index contributed by atoms with van der Waals surface area (Å²) in [4.78, 5) is 8.11. The molecule has 5 nitrogen and oxygen atoms in total. The smallest absolute Gasteiger partial charge is 0.152 e. The molecule has 0 unspecified atom stereocenters. The van der Waals surface area contributed by atoms with Crippen molar-refractivity contribution in [3.05, 3.63) is 4.91 Å². The predicted molar refractivity (Wildman–Crippen MR) is 69.7 cm³/mol. The van der Waals surface area contributed by atoms with Crippen LogP contribution >= 0.6 is 0 Å². The molecular weight excluding hydrogens is 218 g/mol. The second-order valence-corrected chi connectivity index (χ2v) is 4.88. The summed E-state index contributed by atoms with van der Waals surface area (Å²) < 4.78 is 0. The van der Waals surface area contributed by atoms with Gasteiger partial charge in [-0.25, -0.2) is 0 Å². The van der Waals surface area contributed by atoms with Gasteiger partial charge >= 0.3 is 0 Å². The molecule has 2 fully saturated rings. The molecule has 2 aliphatic rings. The van der Waals surface area contributed by atoms with E-state index in [9.17, 15) is 0 Å². The summed E-state index contributed by atoms with van der Waals surface area (Å²) in [6.07, 6.45) is 13.3. The van der Waals surface area contributed by atoms with Gasteiger partial charge in [0.1, 0.15) is 0 Å². The van der Waals surface area contributed by atoms with Crippen molar-refractivity contribution >= 4 is 0 Å². The largest absolute Gasteiger partial charge is 0.379 e. The number of nitrogens with two attached hydrogens (primary N) is 2. The van der Waals surface area contributed by atoms with Gasteiger partial charge in [-0.1, -0.05) is 38.5 Å². The topological polar surface area (TPSA) is 102 Å². The highest BCUT2D eigenvalue weighted by atomic mass is 16.6. The Morgan fingerprint density at radius 3 is 1.12 bits per heavy atom. The molecule has 2 saturated carbocycles. The van der Waals surface area contributed by atoms with Crippen molar-refractivity contribution in [2.75, 3.05) is 0 Å². The SMILES string of the molecule is NC1CCCCC1.NC1CCCCC1.O=NO. The van der Waals surface area contributed by atoms with E-state index in [2.05, 4.69) is 0 Å². The zero-order chi connectivity index (χ0) is 12.9. The summed E-state index contributed by atoms with van der Waals surface area (Å²) in [5, 5.41) is 7.89. The highest BCUT2D eigenvalue weighted by Crippen LogP contribution is 2.15. The summed E-state index contributed by atoms with van der Waals surface area (Å²) in [5.74, 6) is 0. The van der Waals surface area contributed by atoms with Crippen LogP contribution in [-0.4, -0.2) is 17.3 Å². The maximum Gasteiger partial charge on any atom is 0.152 e. The Bertz CT molecular complexity index is 151. The van der Waals surface area contributed by atoms with E-state index in [1.807, 2.05) is 0 Å². The van der Waals surface area contributed by atoms with Gasteiger partial charge in [-0.05, 0) is 25.7 Å². The van der Waals surface area contributed by atoms with Crippen molar-refractivity contribution in [1.82, 2.24) is 0 Å². The lowest BCUT2D eigenvalue weighted by Gasteiger charge is -2.15. The molecule has 0 radical (unpaired) electrons. The highest BCUT2D eigenvalue weighted by molar-refractivity contribution is 4.66. The van der Waals surface area contributed by atoms with E-state index in [1.54, 1.807) is 0 Å². The molecule has 5 N–H and O–H groups in total. The van der Waals surface area contributed by atoms with E-state index >= 15 is 0 Å². The van der Waals surface area contributed by atoms with E-state index in [-0.39, 0.29) is 0 Å². The first-order valence-corrected chi connectivity index (χ1v) is 6.68. The molecule has 0 atom stereocenters. The molecule has 2 rings (SSSR count). The van der Waals surface area contributed by atoms with Gasteiger partial charge in [-0.2, -0.15) is 0 Å². The third kappa shape index (κ3) is 11.6. The van der Waals surface area contributed by atoms with Gasteiger partial charge in [-0.3, -0.25) is 0 Å². The minimum absolute atomic E-state index is 0.536. The number of rotatable bonds is 0. The molecule has 0 bridgehead atoms. The van der Waals surface area contributed by atoms with Gasteiger partial charge in [0, 0.05) is 12.1 Å². The first-order chi connectivity index (χ1) is 8.20. The molecule has 102 valence electrons. The third-order valence-corrected chi connectivity index (χ3v) is 3.30. The molecule has 0 heterocycles. The molecule has 17 heavy (non-hydrogen) atoms. The Morgan fingerprint density at radius 1 is 0.765 bits per heavy atom. The number of nitrogens with zero attached hydrogens (tertiary/aromatic N) is 1. The average molecular weight is 245 g/mol. The summed E-state index contributed by atoms with van der Waals surface area (Å²) in [7, 11) is 0. The summed E-state index contributed by atoms with van der Waals surface area (Å²) in [6, 6.07) is 1.07. The molecule has 0 aromatic carbocycles. The van der Waals surface area contributed by atoms with Crippen LogP contribution in [0.15, 0.2) is 5.34 Å². The lowest BCUT2D eigenvalue weighted by molar-refractivity contribution is 0.312. The van der Waals surface area contributed by atoms with Crippen molar-refractivity contribution < 1.29 is 5.21 Å². The standard InChI is InChI=1S/2C6H13N.HNO2/c2*7-6-4-2-1-3-5-6;2-1-3/h2*6H,1-5,7H2;(H,2,3). The first kappa shape index (κ1) is 16.3. The van der Waals surface area contributed by atoms with E-state index < -0.39 is 0 Å². The van der Waals surface area contributed by atoms with E-state index in [4.69, 9.17) is 21.6 Å². The van der Waals surface area contributed by atoms with E-state index in [0.29, 0.717) is 12.1 Å². The maximum absolute atomic E-state index is 8.11. The fourth-order valence-corrected chi connectivity index (χ4v) is 2.27. The monoisotopic (exact) mass is 245 g/mol. The van der Waals surface area contributed by atoms with Crippen LogP contribution in [0.1, 0.15) is 64.2 Å². The lowest BCUT2D eigenvalue weighted by Crippen LogP contribution is -2.22. The minimum atomic E-state index is 0.536. The maximum atomic E-state index is 8.11. The van der Waals surface area contributed by atoms with Crippen LogP contribution < -0.4 is 11.5 Å². The Kier molecular flexibility index (Phi) is 11.3. The van der Waals surface area contributed by atoms with Crippen LogP contribution in [0.5, 0.6) is 0 Å². The van der Waals surface area contributed by atoms with E-state index in [1.165, 1.54) is 69.5 Å². The number of hydrogen-bond donors (Lipinski definition) is 3. The normalized spacial score (nSPS) is 21.5. The second-order valence-electron chi connectivity index (χ2n) is 4.88. The molecule has 0 amide bonds. The van der Waals surface area contributed by atoms with Crippen LogP contribution in [0.25, 0.3) is 0 Å². The highest BCUT2D eigenvalue weighted by Gasteiger charge is 2.06. The fourth-order valence-electron chi connectivity index (χ4n) is 2.27. The van der Waals surface area contributed by atoms with Gasteiger partial charge < -0.3 is 16.7 Å². The first-order valence-electron chi connectivity index (χ1n) is 6.68. The molecule has 0 spiro atoms. The van der Waals surface area contributed by atoms with Crippen LogP contribution in [0, 0.1) is 4.91 Å². The summed E-state index contributed by atoms with van der Waals surface area (Å²) >= 11 is 0. The van der Waals surface area contributed by atoms with Gasteiger partial charge in [0.05, 0.1) is 0 Å².